The maximum absolute atomic E-state index is 12.9. The average molecular weight is 428 g/mol. The van der Waals surface area contributed by atoms with Crippen LogP contribution in [0.4, 0.5) is 11.6 Å². The molecule has 8 nitrogen and oxygen atoms in total. The summed E-state index contributed by atoms with van der Waals surface area (Å²) in [6.07, 6.45) is 0.949. The van der Waals surface area contributed by atoms with E-state index < -0.39 is 0 Å². The maximum Gasteiger partial charge on any atom is 0.274 e. The Morgan fingerprint density at radius 1 is 1.16 bits per heavy atom. The number of nitrogens with zero attached hydrogens (tertiary/aromatic N) is 4. The summed E-state index contributed by atoms with van der Waals surface area (Å²) < 4.78 is 5.22. The normalized spacial score (nSPS) is 15.9. The molecule has 32 heavy (non-hydrogen) atoms. The minimum absolute atomic E-state index is 0.0783. The highest BCUT2D eigenvalue weighted by molar-refractivity contribution is 5.95. The van der Waals surface area contributed by atoms with Crippen molar-refractivity contribution < 1.29 is 9.53 Å². The first-order chi connectivity index (χ1) is 15.7. The molecule has 4 aromatic rings. The number of rotatable bonds is 6. The zero-order chi connectivity index (χ0) is 21.9. The molecule has 2 aromatic carbocycles. The first-order valence-electron chi connectivity index (χ1n) is 10.6. The van der Waals surface area contributed by atoms with Gasteiger partial charge in [0.2, 0.25) is 0 Å². The molecule has 0 radical (unpaired) electrons. The number of para-hydroxylation sites is 1. The van der Waals surface area contributed by atoms with E-state index in [9.17, 15) is 4.79 Å². The van der Waals surface area contributed by atoms with Gasteiger partial charge in [-0.05, 0) is 18.6 Å². The number of carbonyl (C=O) groups is 1. The quantitative estimate of drug-likeness (QED) is 0.484. The summed E-state index contributed by atoms with van der Waals surface area (Å²) in [6.45, 7) is 2.08. The summed E-state index contributed by atoms with van der Waals surface area (Å²) in [7, 11) is 1.69. The van der Waals surface area contributed by atoms with Gasteiger partial charge in [-0.1, -0.05) is 42.5 Å². The molecule has 1 saturated heterocycles. The maximum atomic E-state index is 12.9. The molecule has 1 aliphatic rings. The number of benzene rings is 2. The van der Waals surface area contributed by atoms with Crippen LogP contribution < -0.4 is 5.32 Å². The molecule has 3 heterocycles. The van der Waals surface area contributed by atoms with E-state index in [-0.39, 0.29) is 5.91 Å². The molecule has 1 fully saturated rings. The van der Waals surface area contributed by atoms with Crippen LogP contribution in [0.25, 0.3) is 22.3 Å². The van der Waals surface area contributed by atoms with Crippen LogP contribution in [0.3, 0.4) is 0 Å². The van der Waals surface area contributed by atoms with Crippen molar-refractivity contribution >= 4 is 28.4 Å². The van der Waals surface area contributed by atoms with Crippen LogP contribution in [-0.4, -0.2) is 57.8 Å². The second-order valence-corrected chi connectivity index (χ2v) is 7.93. The molecule has 8 heteroatoms. The van der Waals surface area contributed by atoms with E-state index in [2.05, 4.69) is 15.5 Å². The lowest BCUT2D eigenvalue weighted by molar-refractivity contribution is 0.0769. The Hall–Kier alpha value is -3.78. The molecular weight excluding hydrogens is 404 g/mol. The first-order valence-corrected chi connectivity index (χ1v) is 10.6. The van der Waals surface area contributed by atoms with Crippen LogP contribution in [0.5, 0.6) is 0 Å². The van der Waals surface area contributed by atoms with Crippen molar-refractivity contribution in [2.45, 2.75) is 6.42 Å². The third kappa shape index (κ3) is 4.04. The summed E-state index contributed by atoms with van der Waals surface area (Å²) in [5, 5.41) is 11.3. The Bertz CT molecular complexity index is 1240. The number of aromatic amines is 1. The highest BCUT2D eigenvalue weighted by atomic mass is 16.5. The van der Waals surface area contributed by atoms with E-state index in [1.165, 1.54) is 0 Å². The molecule has 2 N–H and O–H groups in total. The molecular formula is C24H24N6O2. The lowest BCUT2D eigenvalue weighted by Crippen LogP contribution is -2.29. The second-order valence-electron chi connectivity index (χ2n) is 7.93. The van der Waals surface area contributed by atoms with Gasteiger partial charge in [-0.25, -0.2) is 9.97 Å². The highest BCUT2D eigenvalue weighted by Crippen LogP contribution is 2.27. The van der Waals surface area contributed by atoms with Crippen molar-refractivity contribution in [3.05, 3.63) is 66.4 Å². The van der Waals surface area contributed by atoms with Crippen LogP contribution in [0, 0.1) is 5.92 Å². The number of likely N-dealkylation sites (tertiary alicyclic amines) is 1. The number of aromatic nitrogens is 4. The third-order valence-electron chi connectivity index (χ3n) is 5.66. The number of fused-ring (bicyclic) bond motifs is 1. The summed E-state index contributed by atoms with van der Waals surface area (Å²) in [5.74, 6) is 2.18. The lowest BCUT2D eigenvalue weighted by Gasteiger charge is -2.14. The third-order valence-corrected chi connectivity index (χ3v) is 5.66. The van der Waals surface area contributed by atoms with Gasteiger partial charge in [-0.2, -0.15) is 5.10 Å². The molecule has 0 saturated carbocycles. The number of ether oxygens (including phenoxy) is 1. The van der Waals surface area contributed by atoms with Gasteiger partial charge in [-0.15, -0.1) is 0 Å². The Morgan fingerprint density at radius 2 is 1.97 bits per heavy atom. The second kappa shape index (κ2) is 8.76. The van der Waals surface area contributed by atoms with E-state index in [1.54, 1.807) is 13.2 Å². The molecule has 0 unspecified atom stereocenters. The van der Waals surface area contributed by atoms with Gasteiger partial charge in [-0.3, -0.25) is 9.89 Å². The van der Waals surface area contributed by atoms with E-state index in [4.69, 9.17) is 14.7 Å². The molecule has 5 rings (SSSR count). The van der Waals surface area contributed by atoms with Crippen molar-refractivity contribution in [1.82, 2.24) is 25.1 Å². The van der Waals surface area contributed by atoms with E-state index in [1.807, 2.05) is 59.5 Å². The molecule has 1 amide bonds. The highest BCUT2D eigenvalue weighted by Gasteiger charge is 2.28. The van der Waals surface area contributed by atoms with E-state index >= 15 is 0 Å². The number of nitrogens with one attached hydrogen (secondary N) is 2. The van der Waals surface area contributed by atoms with Crippen molar-refractivity contribution in [3.63, 3.8) is 0 Å². The molecule has 0 aliphatic carbocycles. The zero-order valence-corrected chi connectivity index (χ0v) is 17.8. The molecule has 2 aromatic heterocycles. The van der Waals surface area contributed by atoms with Gasteiger partial charge < -0.3 is 15.0 Å². The van der Waals surface area contributed by atoms with Gasteiger partial charge in [0.05, 0.1) is 12.1 Å². The number of carbonyl (C=O) groups excluding carboxylic acids is 1. The summed E-state index contributed by atoms with van der Waals surface area (Å²) in [6, 6.07) is 19.4. The number of anilines is 2. The van der Waals surface area contributed by atoms with Crippen molar-refractivity contribution in [3.8, 4) is 11.4 Å². The Labute approximate surface area is 185 Å². The summed E-state index contributed by atoms with van der Waals surface area (Å²) in [5.41, 5.74) is 2.15. The number of H-pyrrole nitrogens is 1. The van der Waals surface area contributed by atoms with Gasteiger partial charge in [0, 0.05) is 43.1 Å². The average Bonchev–Trinajstić information content (AvgIpc) is 3.49. The minimum Gasteiger partial charge on any atom is -0.384 e. The van der Waals surface area contributed by atoms with Crippen LogP contribution in [0.15, 0.2) is 60.7 Å². The fourth-order valence-electron chi connectivity index (χ4n) is 4.06. The Kier molecular flexibility index (Phi) is 5.51. The van der Waals surface area contributed by atoms with Gasteiger partial charge >= 0.3 is 0 Å². The monoisotopic (exact) mass is 428 g/mol. The van der Waals surface area contributed by atoms with Gasteiger partial charge in [0.1, 0.15) is 11.6 Å². The lowest BCUT2D eigenvalue weighted by atomic mass is 10.1. The molecule has 0 bridgehead atoms. The molecule has 0 spiro atoms. The number of hydrogen-bond acceptors (Lipinski definition) is 6. The van der Waals surface area contributed by atoms with E-state index in [0.717, 1.165) is 29.4 Å². The van der Waals surface area contributed by atoms with Gasteiger partial charge in [0.25, 0.3) is 5.91 Å². The topological polar surface area (TPSA) is 96.0 Å². The Balaban J connectivity index is 1.41. The van der Waals surface area contributed by atoms with Crippen LogP contribution >= 0.6 is 0 Å². The van der Waals surface area contributed by atoms with Crippen LogP contribution in [-0.2, 0) is 4.74 Å². The molecule has 1 aliphatic heterocycles. The predicted molar refractivity (Wildman–Crippen MR) is 123 cm³/mol. The van der Waals surface area contributed by atoms with Crippen molar-refractivity contribution in [2.24, 2.45) is 5.92 Å². The minimum atomic E-state index is -0.0783. The predicted octanol–water partition coefficient (Wildman–Crippen LogP) is 3.87. The molecule has 1 atom stereocenters. The van der Waals surface area contributed by atoms with Gasteiger partial charge in [0.15, 0.2) is 11.5 Å². The Morgan fingerprint density at radius 3 is 2.81 bits per heavy atom. The summed E-state index contributed by atoms with van der Waals surface area (Å²) >= 11 is 0. The fourth-order valence-corrected chi connectivity index (χ4v) is 4.06. The number of hydrogen-bond donors (Lipinski definition) is 2. The standard InChI is InChI=1S/C24H24N6O2/c1-32-15-16-11-12-30(14-16)24(31)20-13-21(29-28-20)26-23-18-9-5-6-10-19(18)25-22(27-23)17-7-3-2-4-8-17/h2-10,13,16H,11-12,14-15H2,1H3,(H2,25,26,27,28,29)/t16-/m0/s1. The SMILES string of the molecule is COC[C@H]1CCN(C(=O)c2cc(Nc3nc(-c4ccccc4)nc4ccccc34)[nH]n2)C1. The largest absolute Gasteiger partial charge is 0.384 e. The van der Waals surface area contributed by atoms with Crippen LogP contribution in [0.1, 0.15) is 16.9 Å². The van der Waals surface area contributed by atoms with Crippen LogP contribution in [0.2, 0.25) is 0 Å². The van der Waals surface area contributed by atoms with E-state index in [0.29, 0.717) is 42.2 Å². The fraction of sp³-hybridized carbons (Fsp3) is 0.250. The smallest absolute Gasteiger partial charge is 0.274 e. The zero-order valence-electron chi connectivity index (χ0n) is 17.8. The van der Waals surface area contributed by atoms with Crippen molar-refractivity contribution in [1.29, 1.82) is 0 Å². The van der Waals surface area contributed by atoms with Crippen molar-refractivity contribution in [2.75, 3.05) is 32.1 Å². The number of amides is 1. The molecule has 162 valence electrons. The summed E-state index contributed by atoms with van der Waals surface area (Å²) in [4.78, 5) is 24.2. The first kappa shape index (κ1) is 20.1. The number of methoxy groups -OCH3 is 1.